The number of cyclic esters (lactones) is 1. The lowest BCUT2D eigenvalue weighted by Gasteiger charge is -2.47. The predicted octanol–water partition coefficient (Wildman–Crippen LogP) is 5.96. The van der Waals surface area contributed by atoms with Crippen LogP contribution in [0.5, 0.6) is 0 Å². The van der Waals surface area contributed by atoms with Crippen molar-refractivity contribution in [2.75, 3.05) is 6.61 Å². The molecule has 3 aliphatic heterocycles. The van der Waals surface area contributed by atoms with Crippen LogP contribution < -0.4 is 0 Å². The number of fused-ring (bicyclic) bond motifs is 3. The molecule has 0 aliphatic carbocycles. The molecule has 2 aromatic carbocycles. The third-order valence-electron chi connectivity index (χ3n) is 11.1. The number of aliphatic hydroxyl groups excluding tert-OH is 2. The number of hydrogen-bond acceptors (Lipinski definition) is 15. The van der Waals surface area contributed by atoms with Crippen molar-refractivity contribution in [2.24, 2.45) is 0 Å². The van der Waals surface area contributed by atoms with Crippen molar-refractivity contribution in [3.8, 4) is 0 Å². The van der Waals surface area contributed by atoms with Gasteiger partial charge in [-0.25, -0.2) is 9.59 Å². The number of ketones is 1. The van der Waals surface area contributed by atoms with Gasteiger partial charge in [-0.2, -0.15) is 0 Å². The van der Waals surface area contributed by atoms with Crippen molar-refractivity contribution >= 4 is 41.8 Å². The fourth-order valence-electron chi connectivity index (χ4n) is 7.73. The molecular formula is C48H62O15. The lowest BCUT2D eigenvalue weighted by molar-refractivity contribution is -0.369. The highest BCUT2D eigenvalue weighted by Gasteiger charge is 2.54. The van der Waals surface area contributed by atoms with E-state index in [1.807, 2.05) is 12.1 Å². The van der Waals surface area contributed by atoms with Crippen LogP contribution in [0.2, 0.25) is 0 Å². The van der Waals surface area contributed by atoms with Crippen molar-refractivity contribution in [2.45, 2.75) is 165 Å². The highest BCUT2D eigenvalue weighted by molar-refractivity contribution is 5.88. The van der Waals surface area contributed by atoms with Gasteiger partial charge < -0.3 is 48.1 Å². The molecule has 0 amide bonds. The first kappa shape index (κ1) is 49.2. The Hall–Kier alpha value is -4.77. The standard InChI is InChI=1S/C48H62O15/c1-4-5-10-22-36-23-16-7-6-15-21-35(50)26-29-38(51)56-30-37-44(61-39(52)27-24-33-17-11-8-12-18-33)45(62-40(53)28-25-34-19-13-9-14-20-34)42(55)47(60-37)63-46-41(54)43(58-32(3)49)31(2)57-48(46)59-36/h8-9,11-14,17-20,24-25,27-28,31,36-37,41-48,54-55H,4-7,10,15-16,21-23,26,29-30H2,1-3H3/b27-24+,28-25+/t31-,36+,37-,41+,42-,43+,44-,45-,46-,47+,48+/m1/s1. The number of carbonyl (C=O) groups is 5. The van der Waals surface area contributed by atoms with Crippen molar-refractivity contribution < 1.29 is 72.1 Å². The summed E-state index contributed by atoms with van der Waals surface area (Å²) in [5.74, 6) is -3.34. The van der Waals surface area contributed by atoms with Crippen LogP contribution in [-0.2, 0) is 61.9 Å². The Kier molecular flexibility index (Phi) is 19.9. The summed E-state index contributed by atoms with van der Waals surface area (Å²) >= 11 is 0. The zero-order valence-corrected chi connectivity index (χ0v) is 36.3. The van der Waals surface area contributed by atoms with Crippen LogP contribution in [0.1, 0.15) is 109 Å². The van der Waals surface area contributed by atoms with Crippen LogP contribution in [0, 0.1) is 0 Å². The average Bonchev–Trinajstić information content (AvgIpc) is 3.27. The van der Waals surface area contributed by atoms with E-state index in [4.69, 9.17) is 37.9 Å². The summed E-state index contributed by atoms with van der Waals surface area (Å²) in [4.78, 5) is 65.0. The third-order valence-corrected chi connectivity index (χ3v) is 11.1. The Bertz CT molecular complexity index is 1820. The van der Waals surface area contributed by atoms with Gasteiger partial charge in [0.1, 0.15) is 36.8 Å². The molecule has 3 aliphatic rings. The second-order valence-electron chi connectivity index (χ2n) is 16.1. The predicted molar refractivity (Wildman–Crippen MR) is 228 cm³/mol. The molecule has 2 bridgehead atoms. The fraction of sp³-hybridized carbons (Fsp3) is 0.562. The van der Waals surface area contributed by atoms with Gasteiger partial charge in [-0.05, 0) is 49.5 Å². The van der Waals surface area contributed by atoms with E-state index in [1.54, 1.807) is 55.5 Å². The van der Waals surface area contributed by atoms with Crippen LogP contribution in [0.3, 0.4) is 0 Å². The van der Waals surface area contributed by atoms with E-state index >= 15 is 0 Å². The van der Waals surface area contributed by atoms with Crippen LogP contribution in [0.25, 0.3) is 12.2 Å². The summed E-state index contributed by atoms with van der Waals surface area (Å²) in [6, 6.07) is 17.8. The summed E-state index contributed by atoms with van der Waals surface area (Å²) < 4.78 is 48.3. The molecule has 15 nitrogen and oxygen atoms in total. The smallest absolute Gasteiger partial charge is 0.331 e. The topological polar surface area (TPSA) is 200 Å². The molecule has 2 aromatic rings. The second-order valence-corrected chi connectivity index (χ2v) is 16.1. The number of unbranched alkanes of at least 4 members (excludes halogenated alkanes) is 2. The number of ether oxygens (including phenoxy) is 8. The zero-order valence-electron chi connectivity index (χ0n) is 36.3. The molecule has 3 heterocycles. The molecule has 2 N–H and O–H groups in total. The number of carbonyl (C=O) groups excluding carboxylic acids is 5. The summed E-state index contributed by atoms with van der Waals surface area (Å²) in [5.41, 5.74) is 1.36. The molecule has 0 unspecified atom stereocenters. The average molecular weight is 879 g/mol. The first-order valence-electron chi connectivity index (χ1n) is 22.1. The zero-order chi connectivity index (χ0) is 45.1. The molecule has 0 saturated carbocycles. The molecule has 5 rings (SSSR count). The Labute approximate surface area is 369 Å². The molecule has 15 heteroatoms. The van der Waals surface area contributed by atoms with Crippen LogP contribution >= 0.6 is 0 Å². The Balaban J connectivity index is 1.52. The van der Waals surface area contributed by atoms with Crippen molar-refractivity contribution in [1.82, 2.24) is 0 Å². The van der Waals surface area contributed by atoms with Gasteiger partial charge in [0.15, 0.2) is 30.9 Å². The summed E-state index contributed by atoms with van der Waals surface area (Å²) in [7, 11) is 0. The van der Waals surface area contributed by atoms with Crippen LogP contribution in [0.15, 0.2) is 72.8 Å². The number of esters is 4. The maximum atomic E-state index is 13.5. The number of aliphatic hydroxyl groups is 2. The van der Waals surface area contributed by atoms with E-state index in [-0.39, 0.29) is 24.7 Å². The Morgan fingerprint density at radius 3 is 1.97 bits per heavy atom. The number of hydrogen-bond donors (Lipinski definition) is 2. The van der Waals surface area contributed by atoms with Gasteiger partial charge in [0, 0.05) is 31.9 Å². The van der Waals surface area contributed by atoms with Gasteiger partial charge in [0.2, 0.25) is 0 Å². The van der Waals surface area contributed by atoms with E-state index in [9.17, 15) is 34.2 Å². The summed E-state index contributed by atoms with van der Waals surface area (Å²) in [6.45, 7) is 4.32. The highest BCUT2D eigenvalue weighted by Crippen LogP contribution is 2.34. The first-order chi connectivity index (χ1) is 30.4. The van der Waals surface area contributed by atoms with Crippen molar-refractivity contribution in [1.29, 1.82) is 0 Å². The molecule has 3 saturated heterocycles. The normalized spacial score (nSPS) is 30.5. The minimum absolute atomic E-state index is 0.0400. The Morgan fingerprint density at radius 1 is 0.698 bits per heavy atom. The van der Waals surface area contributed by atoms with E-state index in [0.717, 1.165) is 50.7 Å². The molecule has 11 atom stereocenters. The molecular weight excluding hydrogens is 817 g/mol. The monoisotopic (exact) mass is 878 g/mol. The van der Waals surface area contributed by atoms with Gasteiger partial charge in [-0.15, -0.1) is 0 Å². The second kappa shape index (κ2) is 25.5. The maximum Gasteiger partial charge on any atom is 0.331 e. The summed E-state index contributed by atoms with van der Waals surface area (Å²) in [5, 5.41) is 24.0. The number of rotatable bonds is 11. The lowest BCUT2D eigenvalue weighted by Crippen LogP contribution is -2.65. The maximum absolute atomic E-state index is 13.5. The van der Waals surface area contributed by atoms with E-state index in [0.29, 0.717) is 36.8 Å². The van der Waals surface area contributed by atoms with Crippen LogP contribution in [0.4, 0.5) is 0 Å². The molecule has 0 radical (unpaired) electrons. The van der Waals surface area contributed by atoms with Crippen LogP contribution in [-0.4, -0.2) is 114 Å². The SMILES string of the molecule is CCCCC[C@H]1CCCCCCC(=O)CCC(=O)OC[C@H]2O[C@@H](O[C@H]3[C@H](O1)O[C@H](C)[C@H](OC(C)=O)[C@@H]3O)[C@H](O)[C@@H](OC(=O)/C=C/c1ccccc1)[C@@H]2OC(=O)/C=C/c1ccccc1. The largest absolute Gasteiger partial charge is 0.463 e. The summed E-state index contributed by atoms with van der Waals surface area (Å²) in [6.07, 6.45) is -2.63. The van der Waals surface area contributed by atoms with Gasteiger partial charge in [-0.1, -0.05) is 106 Å². The van der Waals surface area contributed by atoms with Crippen molar-refractivity contribution in [3.05, 3.63) is 83.9 Å². The third kappa shape index (κ3) is 15.8. The number of benzene rings is 2. The quantitative estimate of drug-likeness (QED) is 0.116. The van der Waals surface area contributed by atoms with Gasteiger partial charge in [0.05, 0.1) is 18.6 Å². The Morgan fingerprint density at radius 2 is 1.33 bits per heavy atom. The van der Waals surface area contributed by atoms with E-state index in [1.165, 1.54) is 19.1 Å². The minimum Gasteiger partial charge on any atom is -0.463 e. The molecule has 0 spiro atoms. The minimum atomic E-state index is -1.91. The molecule has 344 valence electrons. The highest BCUT2D eigenvalue weighted by atomic mass is 16.8. The van der Waals surface area contributed by atoms with E-state index < -0.39 is 91.9 Å². The molecule has 63 heavy (non-hydrogen) atoms. The fourth-order valence-corrected chi connectivity index (χ4v) is 7.73. The number of Topliss-reactive ketones (excluding diaryl/α,β-unsaturated/α-hetero) is 1. The van der Waals surface area contributed by atoms with Gasteiger partial charge >= 0.3 is 23.9 Å². The lowest BCUT2D eigenvalue weighted by atomic mass is 9.96. The van der Waals surface area contributed by atoms with E-state index in [2.05, 4.69) is 6.92 Å². The molecule has 3 fully saturated rings. The van der Waals surface area contributed by atoms with Gasteiger partial charge in [-0.3, -0.25) is 14.4 Å². The van der Waals surface area contributed by atoms with Crippen molar-refractivity contribution in [3.63, 3.8) is 0 Å². The molecule has 0 aromatic heterocycles. The first-order valence-corrected chi connectivity index (χ1v) is 22.1. The van der Waals surface area contributed by atoms with Gasteiger partial charge in [0.25, 0.3) is 0 Å².